The first-order valence-corrected chi connectivity index (χ1v) is 13.2. The SMILES string of the molecule is O=C(Cc1ccc(S(=O)(=O)N2CCCCC2)s1)NCC1(c2ccccc2)CCCC1. The van der Waals surface area contributed by atoms with Crippen molar-refractivity contribution in [3.05, 3.63) is 52.9 Å². The fourth-order valence-electron chi connectivity index (χ4n) is 4.72. The summed E-state index contributed by atoms with van der Waals surface area (Å²) < 4.78 is 27.6. The Balaban J connectivity index is 1.38. The maximum atomic E-state index is 12.8. The Kier molecular flexibility index (Phi) is 6.60. The van der Waals surface area contributed by atoms with E-state index in [1.54, 1.807) is 16.4 Å². The van der Waals surface area contributed by atoms with Crippen molar-refractivity contribution in [1.82, 2.24) is 9.62 Å². The van der Waals surface area contributed by atoms with Gasteiger partial charge in [0, 0.05) is 29.9 Å². The Morgan fingerprint density at radius 1 is 0.967 bits per heavy atom. The zero-order valence-corrected chi connectivity index (χ0v) is 18.9. The molecule has 2 fully saturated rings. The van der Waals surface area contributed by atoms with Gasteiger partial charge in [-0.1, -0.05) is 49.6 Å². The zero-order valence-electron chi connectivity index (χ0n) is 17.3. The maximum Gasteiger partial charge on any atom is 0.252 e. The molecule has 1 aliphatic heterocycles. The van der Waals surface area contributed by atoms with Gasteiger partial charge in [-0.3, -0.25) is 4.79 Å². The highest BCUT2D eigenvalue weighted by Crippen LogP contribution is 2.40. The van der Waals surface area contributed by atoms with Gasteiger partial charge < -0.3 is 5.32 Å². The lowest BCUT2D eigenvalue weighted by atomic mass is 9.79. The van der Waals surface area contributed by atoms with Crippen LogP contribution >= 0.6 is 11.3 Å². The standard InChI is InChI=1S/C23H30N2O3S2/c26-21(24-18-23(13-5-6-14-23)19-9-3-1-4-10-19)17-20-11-12-22(29-20)30(27,28)25-15-7-2-8-16-25/h1,3-4,9-12H,2,5-8,13-18H2,(H,24,26). The Bertz CT molecular complexity index is 957. The maximum absolute atomic E-state index is 12.8. The summed E-state index contributed by atoms with van der Waals surface area (Å²) >= 11 is 1.22. The van der Waals surface area contributed by atoms with Crippen molar-refractivity contribution in [3.8, 4) is 0 Å². The van der Waals surface area contributed by atoms with Gasteiger partial charge in [0.1, 0.15) is 4.21 Å². The molecule has 162 valence electrons. The largest absolute Gasteiger partial charge is 0.355 e. The van der Waals surface area contributed by atoms with Crippen LogP contribution in [0.1, 0.15) is 55.4 Å². The van der Waals surface area contributed by atoms with Crippen LogP contribution in [-0.4, -0.2) is 38.3 Å². The molecule has 5 nitrogen and oxygen atoms in total. The third-order valence-corrected chi connectivity index (χ3v) is 9.90. The Morgan fingerprint density at radius 3 is 2.37 bits per heavy atom. The second-order valence-electron chi connectivity index (χ2n) is 8.49. The normalized spacial score (nSPS) is 19.6. The van der Waals surface area contributed by atoms with Crippen LogP contribution in [0.25, 0.3) is 0 Å². The molecule has 0 atom stereocenters. The highest BCUT2D eigenvalue weighted by atomic mass is 32.2. The van der Waals surface area contributed by atoms with E-state index < -0.39 is 10.0 Å². The van der Waals surface area contributed by atoms with Crippen LogP contribution in [0.2, 0.25) is 0 Å². The van der Waals surface area contributed by atoms with Crippen LogP contribution in [0, 0.1) is 0 Å². The summed E-state index contributed by atoms with van der Waals surface area (Å²) in [5.74, 6) is -0.0408. The van der Waals surface area contributed by atoms with Crippen molar-refractivity contribution < 1.29 is 13.2 Å². The van der Waals surface area contributed by atoms with Gasteiger partial charge in [0.05, 0.1) is 6.42 Å². The second-order valence-corrected chi connectivity index (χ2v) is 11.8. The quantitative estimate of drug-likeness (QED) is 0.697. The predicted molar refractivity (Wildman–Crippen MR) is 120 cm³/mol. The molecule has 1 saturated carbocycles. The molecule has 0 bridgehead atoms. The molecule has 2 aliphatic rings. The van der Waals surface area contributed by atoms with Crippen molar-refractivity contribution in [2.45, 2.75) is 61.0 Å². The lowest BCUT2D eigenvalue weighted by molar-refractivity contribution is -0.120. The van der Waals surface area contributed by atoms with E-state index in [2.05, 4.69) is 29.6 Å². The predicted octanol–water partition coefficient (Wildman–Crippen LogP) is 4.09. The van der Waals surface area contributed by atoms with E-state index in [0.29, 0.717) is 23.8 Å². The number of nitrogens with one attached hydrogen (secondary N) is 1. The Labute approximate surface area is 183 Å². The number of hydrogen-bond acceptors (Lipinski definition) is 4. The van der Waals surface area contributed by atoms with Crippen LogP contribution < -0.4 is 5.32 Å². The van der Waals surface area contributed by atoms with Gasteiger partial charge in [0.25, 0.3) is 10.0 Å². The highest BCUT2D eigenvalue weighted by Gasteiger charge is 2.35. The lowest BCUT2D eigenvalue weighted by Gasteiger charge is -2.30. The van der Waals surface area contributed by atoms with Gasteiger partial charge in [0.2, 0.25) is 5.91 Å². The molecule has 2 aromatic rings. The average molecular weight is 447 g/mol. The Morgan fingerprint density at radius 2 is 1.67 bits per heavy atom. The number of hydrogen-bond donors (Lipinski definition) is 1. The number of thiophene rings is 1. The molecule has 7 heteroatoms. The summed E-state index contributed by atoms with van der Waals surface area (Å²) in [6, 6.07) is 13.9. The van der Waals surface area contributed by atoms with Crippen molar-refractivity contribution >= 4 is 27.3 Å². The molecule has 2 heterocycles. The number of sulfonamides is 1. The number of nitrogens with zero attached hydrogens (tertiary/aromatic N) is 1. The minimum atomic E-state index is -3.43. The molecular formula is C23H30N2O3S2. The van der Waals surface area contributed by atoms with E-state index in [9.17, 15) is 13.2 Å². The minimum absolute atomic E-state index is 0.0229. The lowest BCUT2D eigenvalue weighted by Crippen LogP contribution is -2.39. The van der Waals surface area contributed by atoms with Crippen LogP contribution in [0.15, 0.2) is 46.7 Å². The number of carbonyl (C=O) groups is 1. The summed E-state index contributed by atoms with van der Waals surface area (Å²) in [6.07, 6.45) is 7.72. The number of benzene rings is 1. The average Bonchev–Trinajstić information content (AvgIpc) is 3.44. The first-order chi connectivity index (χ1) is 14.5. The summed E-state index contributed by atoms with van der Waals surface area (Å²) in [5.41, 5.74) is 1.32. The van der Waals surface area contributed by atoms with E-state index in [1.165, 1.54) is 29.7 Å². The van der Waals surface area contributed by atoms with Gasteiger partial charge in [0.15, 0.2) is 0 Å². The van der Waals surface area contributed by atoms with Crippen LogP contribution in [0.3, 0.4) is 0 Å². The van der Waals surface area contributed by atoms with E-state index in [1.807, 2.05) is 6.07 Å². The fraction of sp³-hybridized carbons (Fsp3) is 0.522. The van der Waals surface area contributed by atoms with Crippen LogP contribution in [-0.2, 0) is 26.7 Å². The number of amides is 1. The molecule has 30 heavy (non-hydrogen) atoms. The molecule has 0 spiro atoms. The Hall–Kier alpha value is -1.70. The molecule has 1 amide bonds. The van der Waals surface area contributed by atoms with E-state index in [4.69, 9.17) is 0 Å². The second kappa shape index (κ2) is 9.20. The molecular weight excluding hydrogens is 416 g/mol. The molecule has 1 N–H and O–H groups in total. The van der Waals surface area contributed by atoms with Crippen LogP contribution in [0.5, 0.6) is 0 Å². The zero-order chi connectivity index (χ0) is 21.0. The summed E-state index contributed by atoms with van der Waals surface area (Å²) in [5, 5.41) is 3.13. The van der Waals surface area contributed by atoms with Gasteiger partial charge in [-0.05, 0) is 43.4 Å². The third-order valence-electron chi connectivity index (χ3n) is 6.45. The molecule has 1 aliphatic carbocycles. The molecule has 1 aromatic heterocycles. The molecule has 1 saturated heterocycles. The first kappa shape index (κ1) is 21.5. The third kappa shape index (κ3) is 4.63. The van der Waals surface area contributed by atoms with Gasteiger partial charge in [-0.15, -0.1) is 11.3 Å². The van der Waals surface area contributed by atoms with Crippen molar-refractivity contribution in [1.29, 1.82) is 0 Å². The van der Waals surface area contributed by atoms with E-state index in [-0.39, 0.29) is 17.7 Å². The molecule has 4 rings (SSSR count). The molecule has 1 aromatic carbocycles. The fourth-order valence-corrected chi connectivity index (χ4v) is 7.75. The summed E-state index contributed by atoms with van der Waals surface area (Å²) in [7, 11) is -3.43. The van der Waals surface area contributed by atoms with E-state index in [0.717, 1.165) is 37.0 Å². The van der Waals surface area contributed by atoms with Crippen LogP contribution in [0.4, 0.5) is 0 Å². The van der Waals surface area contributed by atoms with Gasteiger partial charge in [-0.25, -0.2) is 8.42 Å². The number of piperidine rings is 1. The number of carbonyl (C=O) groups excluding carboxylic acids is 1. The van der Waals surface area contributed by atoms with Crippen molar-refractivity contribution in [2.24, 2.45) is 0 Å². The molecule has 0 unspecified atom stereocenters. The summed E-state index contributed by atoms with van der Waals surface area (Å²) in [6.45, 7) is 1.83. The molecule has 0 radical (unpaired) electrons. The smallest absolute Gasteiger partial charge is 0.252 e. The van der Waals surface area contributed by atoms with Crippen molar-refractivity contribution in [2.75, 3.05) is 19.6 Å². The van der Waals surface area contributed by atoms with Gasteiger partial charge >= 0.3 is 0 Å². The van der Waals surface area contributed by atoms with Gasteiger partial charge in [-0.2, -0.15) is 4.31 Å². The van der Waals surface area contributed by atoms with Crippen molar-refractivity contribution in [3.63, 3.8) is 0 Å². The summed E-state index contributed by atoms with van der Waals surface area (Å²) in [4.78, 5) is 13.4. The topological polar surface area (TPSA) is 66.5 Å². The monoisotopic (exact) mass is 446 g/mol. The number of rotatable bonds is 7. The minimum Gasteiger partial charge on any atom is -0.355 e. The first-order valence-electron chi connectivity index (χ1n) is 10.9. The van der Waals surface area contributed by atoms with E-state index >= 15 is 0 Å². The highest BCUT2D eigenvalue weighted by molar-refractivity contribution is 7.91.